The predicted octanol–water partition coefficient (Wildman–Crippen LogP) is 1.67. The fourth-order valence-corrected chi connectivity index (χ4v) is 1.91. The van der Waals surface area contributed by atoms with Crippen LogP contribution in [-0.4, -0.2) is 42.6 Å². The summed E-state index contributed by atoms with van der Waals surface area (Å²) in [5.74, 6) is 0. The first kappa shape index (κ1) is 20.7. The average Bonchev–Trinajstić information content (AvgIpc) is 2.38. The zero-order chi connectivity index (χ0) is 11.2. The molecule has 0 amide bonds. The summed E-state index contributed by atoms with van der Waals surface area (Å²) in [4.78, 5) is 6.42. The van der Waals surface area contributed by atoms with Gasteiger partial charge in [0.2, 0.25) is 0 Å². The molecule has 1 saturated heterocycles. The number of piperazine rings is 1. The molecule has 4 nitrogen and oxygen atoms in total. The lowest BCUT2D eigenvalue weighted by Gasteiger charge is -2.27. The number of hydrogen-bond donors (Lipinski definition) is 1. The van der Waals surface area contributed by atoms with E-state index >= 15 is 0 Å². The minimum Gasteiger partial charge on any atom is -0.314 e. The van der Waals surface area contributed by atoms with Gasteiger partial charge in [-0.25, -0.2) is 4.98 Å². The first-order valence-electron chi connectivity index (χ1n) is 5.66. The Morgan fingerprint density at radius 2 is 1.95 bits per heavy atom. The molecule has 0 saturated carbocycles. The lowest BCUT2D eigenvalue weighted by Crippen LogP contribution is -2.44. The Bertz CT molecular complexity index is 389. The summed E-state index contributed by atoms with van der Waals surface area (Å²) in [6.07, 6.45) is 2.71. The Morgan fingerprint density at radius 1 is 1.26 bits per heavy atom. The van der Waals surface area contributed by atoms with Crippen molar-refractivity contribution < 1.29 is 0 Å². The summed E-state index contributed by atoms with van der Waals surface area (Å²) in [6.45, 7) is 5.47. The van der Waals surface area contributed by atoms with E-state index in [-0.39, 0.29) is 37.2 Å². The summed E-state index contributed by atoms with van der Waals surface area (Å²) in [6, 6.07) is 5.94. The number of nitrogens with one attached hydrogen (secondary N) is 1. The van der Waals surface area contributed by atoms with Gasteiger partial charge in [-0.05, 0) is 24.1 Å². The molecule has 0 spiro atoms. The molecular weight excluding hydrogens is 307 g/mol. The number of hydrogen-bond acceptors (Lipinski definition) is 4. The molecule has 7 heteroatoms. The minimum atomic E-state index is 0. The lowest BCUT2D eigenvalue weighted by molar-refractivity contribution is 0.244. The third-order valence-electron chi connectivity index (χ3n) is 2.87. The molecule has 0 aliphatic carbocycles. The molecule has 1 aliphatic heterocycles. The Hall–Kier alpha value is -0.570. The van der Waals surface area contributed by atoms with Gasteiger partial charge in [0.25, 0.3) is 0 Å². The molecule has 19 heavy (non-hydrogen) atoms. The molecule has 2 heterocycles. The molecule has 1 aromatic heterocycles. The zero-order valence-corrected chi connectivity index (χ0v) is 13.0. The monoisotopic (exact) mass is 324 g/mol. The van der Waals surface area contributed by atoms with Crippen LogP contribution in [0.5, 0.6) is 0 Å². The molecule has 0 atom stereocenters. The number of halogens is 3. The highest BCUT2D eigenvalue weighted by atomic mass is 35.5. The van der Waals surface area contributed by atoms with Crippen LogP contribution in [0.2, 0.25) is 0 Å². The largest absolute Gasteiger partial charge is 0.314 e. The van der Waals surface area contributed by atoms with Gasteiger partial charge in [-0.15, -0.1) is 37.2 Å². The molecule has 0 bridgehead atoms. The maximum atomic E-state index is 8.75. The van der Waals surface area contributed by atoms with Crippen molar-refractivity contribution in [3.05, 3.63) is 29.6 Å². The number of rotatable bonds is 3. The van der Waals surface area contributed by atoms with Crippen LogP contribution < -0.4 is 5.32 Å². The lowest BCUT2D eigenvalue weighted by atomic mass is 10.1. The molecule has 1 fully saturated rings. The highest BCUT2D eigenvalue weighted by Gasteiger charge is 2.08. The van der Waals surface area contributed by atoms with E-state index in [1.165, 1.54) is 5.56 Å². The number of pyridine rings is 1. The zero-order valence-electron chi connectivity index (χ0n) is 10.5. The van der Waals surface area contributed by atoms with E-state index in [1.54, 1.807) is 6.20 Å². The van der Waals surface area contributed by atoms with E-state index in [9.17, 15) is 0 Å². The Kier molecular flexibility index (Phi) is 12.3. The molecule has 1 aromatic rings. The highest BCUT2D eigenvalue weighted by Crippen LogP contribution is 2.03. The van der Waals surface area contributed by atoms with Crippen LogP contribution in [0.1, 0.15) is 11.3 Å². The minimum absolute atomic E-state index is 0. The summed E-state index contributed by atoms with van der Waals surface area (Å²) in [5, 5.41) is 12.1. The highest BCUT2D eigenvalue weighted by molar-refractivity contribution is 5.86. The quantitative estimate of drug-likeness (QED) is 0.918. The van der Waals surface area contributed by atoms with Gasteiger partial charge in [0, 0.05) is 38.9 Å². The van der Waals surface area contributed by atoms with Gasteiger partial charge in [-0.2, -0.15) is 5.26 Å². The summed E-state index contributed by atoms with van der Waals surface area (Å²) >= 11 is 0. The van der Waals surface area contributed by atoms with Crippen LogP contribution in [0, 0.1) is 11.3 Å². The molecule has 2 rings (SSSR count). The van der Waals surface area contributed by atoms with Crippen molar-refractivity contribution in [3.63, 3.8) is 0 Å². The fraction of sp³-hybridized carbons (Fsp3) is 0.500. The van der Waals surface area contributed by atoms with Gasteiger partial charge in [-0.1, -0.05) is 0 Å². The van der Waals surface area contributed by atoms with Gasteiger partial charge in [0.1, 0.15) is 11.8 Å². The number of nitriles is 1. The second-order valence-corrected chi connectivity index (χ2v) is 4.00. The summed E-state index contributed by atoms with van der Waals surface area (Å²) < 4.78 is 0. The molecule has 1 N–H and O–H groups in total. The molecule has 1 aliphatic rings. The standard InChI is InChI=1S/C12H16N4.3ClH/c13-10-12-9-11(1-3-15-12)2-6-16-7-4-14-5-8-16;;;/h1,3,9,14H,2,4-8H2;3*1H. The maximum Gasteiger partial charge on any atom is 0.140 e. The van der Waals surface area contributed by atoms with Crippen LogP contribution in [0.4, 0.5) is 0 Å². The maximum absolute atomic E-state index is 8.75. The molecule has 0 unspecified atom stereocenters. The first-order chi connectivity index (χ1) is 7.88. The third-order valence-corrected chi connectivity index (χ3v) is 2.87. The topological polar surface area (TPSA) is 52.0 Å². The number of nitrogens with zero attached hydrogens (tertiary/aromatic N) is 3. The van der Waals surface area contributed by atoms with Crippen molar-refractivity contribution >= 4 is 37.2 Å². The molecule has 108 valence electrons. The van der Waals surface area contributed by atoms with Crippen LogP contribution in [0.15, 0.2) is 18.3 Å². The van der Waals surface area contributed by atoms with Crippen LogP contribution >= 0.6 is 37.2 Å². The fourth-order valence-electron chi connectivity index (χ4n) is 1.91. The normalized spacial score (nSPS) is 14.3. The van der Waals surface area contributed by atoms with E-state index in [2.05, 4.69) is 21.3 Å². The Morgan fingerprint density at radius 3 is 2.58 bits per heavy atom. The van der Waals surface area contributed by atoms with Crippen molar-refractivity contribution in [2.45, 2.75) is 6.42 Å². The van der Waals surface area contributed by atoms with Gasteiger partial charge in [0.05, 0.1) is 0 Å². The van der Waals surface area contributed by atoms with E-state index in [1.807, 2.05) is 12.1 Å². The van der Waals surface area contributed by atoms with Gasteiger partial charge >= 0.3 is 0 Å². The second kappa shape index (κ2) is 11.3. The first-order valence-corrected chi connectivity index (χ1v) is 5.66. The van der Waals surface area contributed by atoms with E-state index in [0.29, 0.717) is 5.69 Å². The Balaban J connectivity index is 0. The molecule has 0 aromatic carbocycles. The average molecular weight is 326 g/mol. The van der Waals surface area contributed by atoms with E-state index < -0.39 is 0 Å². The van der Waals surface area contributed by atoms with Crippen molar-refractivity contribution in [3.8, 4) is 6.07 Å². The van der Waals surface area contributed by atoms with E-state index in [0.717, 1.165) is 39.1 Å². The van der Waals surface area contributed by atoms with Crippen molar-refractivity contribution in [2.24, 2.45) is 0 Å². The van der Waals surface area contributed by atoms with Crippen molar-refractivity contribution in [1.82, 2.24) is 15.2 Å². The van der Waals surface area contributed by atoms with Crippen LogP contribution in [-0.2, 0) is 6.42 Å². The molecular formula is C12H19Cl3N4. The SMILES string of the molecule is Cl.Cl.Cl.N#Cc1cc(CCN2CCNCC2)ccn1. The van der Waals surface area contributed by atoms with Crippen molar-refractivity contribution in [2.75, 3.05) is 32.7 Å². The summed E-state index contributed by atoms with van der Waals surface area (Å²) in [7, 11) is 0. The summed E-state index contributed by atoms with van der Waals surface area (Å²) in [5.41, 5.74) is 1.71. The molecule has 0 radical (unpaired) electrons. The predicted molar refractivity (Wildman–Crippen MR) is 83.7 cm³/mol. The van der Waals surface area contributed by atoms with Gasteiger partial charge in [-0.3, -0.25) is 0 Å². The third kappa shape index (κ3) is 6.95. The van der Waals surface area contributed by atoms with Crippen LogP contribution in [0.25, 0.3) is 0 Å². The van der Waals surface area contributed by atoms with Crippen molar-refractivity contribution in [1.29, 1.82) is 5.26 Å². The van der Waals surface area contributed by atoms with E-state index in [4.69, 9.17) is 5.26 Å². The van der Waals surface area contributed by atoms with Crippen LogP contribution in [0.3, 0.4) is 0 Å². The smallest absolute Gasteiger partial charge is 0.140 e. The van der Waals surface area contributed by atoms with Gasteiger partial charge < -0.3 is 10.2 Å². The number of aromatic nitrogens is 1. The second-order valence-electron chi connectivity index (χ2n) is 4.00. The van der Waals surface area contributed by atoms with Gasteiger partial charge in [0.15, 0.2) is 0 Å². The Labute approximate surface area is 132 Å².